The van der Waals surface area contributed by atoms with Crippen molar-refractivity contribution in [2.24, 2.45) is 5.73 Å². The molecule has 4 aromatic rings. The topological polar surface area (TPSA) is 152 Å². The number of ether oxygens (including phenoxy) is 1. The van der Waals surface area contributed by atoms with Gasteiger partial charge < -0.3 is 29.8 Å². The SMILES string of the molecule is NC(CO)(CCc1ccc2c(=O)c3cc(Oc4ccc(Cl)cc4)ccc3oc2c1)COP(=O)(O)O. The van der Waals surface area contributed by atoms with Gasteiger partial charge in [-0.05, 0) is 73.0 Å². The van der Waals surface area contributed by atoms with Crippen LogP contribution in [0.25, 0.3) is 21.9 Å². The van der Waals surface area contributed by atoms with Crippen LogP contribution in [-0.4, -0.2) is 33.6 Å². The predicted octanol–water partition coefficient (Wildman–Crippen LogP) is 4.12. The largest absolute Gasteiger partial charge is 0.469 e. The number of aliphatic hydroxyl groups excluding tert-OH is 1. The number of rotatable bonds is 9. The van der Waals surface area contributed by atoms with Gasteiger partial charge in [-0.2, -0.15) is 0 Å². The zero-order valence-electron chi connectivity index (χ0n) is 18.4. The smallest absolute Gasteiger partial charge is 0.457 e. The van der Waals surface area contributed by atoms with E-state index in [1.165, 1.54) is 0 Å². The Morgan fingerprint density at radius 3 is 2.37 bits per heavy atom. The Hall–Kier alpha value is -2.75. The maximum Gasteiger partial charge on any atom is 0.469 e. The molecule has 0 fully saturated rings. The van der Waals surface area contributed by atoms with Gasteiger partial charge in [0.25, 0.3) is 0 Å². The quantitative estimate of drug-likeness (QED) is 0.189. The fourth-order valence-corrected chi connectivity index (χ4v) is 4.09. The molecule has 1 atom stereocenters. The van der Waals surface area contributed by atoms with Crippen molar-refractivity contribution in [1.82, 2.24) is 0 Å². The van der Waals surface area contributed by atoms with Crippen molar-refractivity contribution in [1.29, 1.82) is 0 Å². The first-order valence-electron chi connectivity index (χ1n) is 10.6. The highest BCUT2D eigenvalue weighted by Gasteiger charge is 2.28. The lowest BCUT2D eigenvalue weighted by Crippen LogP contribution is -2.48. The molecule has 0 saturated heterocycles. The Labute approximate surface area is 204 Å². The van der Waals surface area contributed by atoms with Crippen LogP contribution in [0, 0.1) is 0 Å². The summed E-state index contributed by atoms with van der Waals surface area (Å²) in [4.78, 5) is 30.9. The first-order valence-corrected chi connectivity index (χ1v) is 12.5. The molecule has 0 aliphatic rings. The van der Waals surface area contributed by atoms with E-state index in [2.05, 4.69) is 4.52 Å². The summed E-state index contributed by atoms with van der Waals surface area (Å²) < 4.78 is 27.2. The van der Waals surface area contributed by atoms with Crippen LogP contribution < -0.4 is 15.9 Å². The molecular weight excluding hydrogens is 497 g/mol. The van der Waals surface area contributed by atoms with Crippen molar-refractivity contribution >= 4 is 41.4 Å². The molecule has 1 unspecified atom stereocenters. The van der Waals surface area contributed by atoms with Crippen molar-refractivity contribution in [3.63, 3.8) is 0 Å². The summed E-state index contributed by atoms with van der Waals surface area (Å²) in [6, 6.07) is 16.9. The molecular formula is C24H23ClNO8P. The molecule has 1 aromatic heterocycles. The number of halogens is 1. The third-order valence-corrected chi connectivity index (χ3v) is 6.22. The molecule has 0 aliphatic heterocycles. The van der Waals surface area contributed by atoms with E-state index in [1.807, 2.05) is 0 Å². The second-order valence-corrected chi connectivity index (χ2v) is 9.94. The van der Waals surface area contributed by atoms with E-state index in [0.29, 0.717) is 44.9 Å². The minimum Gasteiger partial charge on any atom is -0.457 e. The zero-order valence-corrected chi connectivity index (χ0v) is 20.0. The van der Waals surface area contributed by atoms with Crippen LogP contribution in [-0.2, 0) is 15.5 Å². The number of fused-ring (bicyclic) bond motifs is 2. The van der Waals surface area contributed by atoms with Crippen molar-refractivity contribution in [2.75, 3.05) is 13.2 Å². The third-order valence-electron chi connectivity index (χ3n) is 5.50. The Kier molecular flexibility index (Phi) is 7.30. The van der Waals surface area contributed by atoms with Gasteiger partial charge in [0.2, 0.25) is 5.43 Å². The first-order chi connectivity index (χ1) is 16.5. The lowest BCUT2D eigenvalue weighted by molar-refractivity contribution is 0.102. The van der Waals surface area contributed by atoms with Gasteiger partial charge in [0.1, 0.15) is 22.7 Å². The van der Waals surface area contributed by atoms with Gasteiger partial charge in [-0.1, -0.05) is 17.7 Å². The molecule has 35 heavy (non-hydrogen) atoms. The number of aliphatic hydroxyl groups is 1. The molecule has 0 radical (unpaired) electrons. The van der Waals surface area contributed by atoms with Gasteiger partial charge in [0.05, 0.1) is 29.5 Å². The van der Waals surface area contributed by atoms with Gasteiger partial charge in [0.15, 0.2) is 0 Å². The van der Waals surface area contributed by atoms with E-state index in [4.69, 9.17) is 36.3 Å². The number of phosphoric ester groups is 1. The van der Waals surface area contributed by atoms with Gasteiger partial charge in [-0.25, -0.2) is 4.57 Å². The summed E-state index contributed by atoms with van der Waals surface area (Å²) in [7, 11) is -4.71. The lowest BCUT2D eigenvalue weighted by atomic mass is 9.93. The summed E-state index contributed by atoms with van der Waals surface area (Å²) >= 11 is 5.90. The van der Waals surface area contributed by atoms with Gasteiger partial charge in [0, 0.05) is 5.02 Å². The lowest BCUT2D eigenvalue weighted by Gasteiger charge is -2.27. The fourth-order valence-electron chi connectivity index (χ4n) is 3.54. The minimum atomic E-state index is -4.71. The second-order valence-electron chi connectivity index (χ2n) is 8.26. The van der Waals surface area contributed by atoms with Crippen LogP contribution in [0.5, 0.6) is 11.5 Å². The number of hydrogen-bond donors (Lipinski definition) is 4. The van der Waals surface area contributed by atoms with Crippen LogP contribution in [0.4, 0.5) is 0 Å². The first kappa shape index (κ1) is 25.3. The van der Waals surface area contributed by atoms with Gasteiger partial charge in [-0.15, -0.1) is 0 Å². The minimum absolute atomic E-state index is 0.179. The van der Waals surface area contributed by atoms with E-state index < -0.39 is 26.6 Å². The summed E-state index contributed by atoms with van der Waals surface area (Å²) in [5.41, 5.74) is 6.00. The summed E-state index contributed by atoms with van der Waals surface area (Å²) in [5, 5.41) is 10.9. The molecule has 3 aromatic carbocycles. The predicted molar refractivity (Wildman–Crippen MR) is 132 cm³/mol. The molecule has 11 heteroatoms. The van der Waals surface area contributed by atoms with Crippen molar-refractivity contribution in [3.8, 4) is 11.5 Å². The number of benzene rings is 3. The second kappa shape index (κ2) is 10.1. The summed E-state index contributed by atoms with van der Waals surface area (Å²) in [6.07, 6.45) is 0.533. The molecule has 0 aliphatic carbocycles. The monoisotopic (exact) mass is 519 g/mol. The highest BCUT2D eigenvalue weighted by atomic mass is 35.5. The third kappa shape index (κ3) is 6.28. The molecule has 4 rings (SSSR count). The average Bonchev–Trinajstić information content (AvgIpc) is 2.83. The van der Waals surface area contributed by atoms with Crippen molar-refractivity contribution in [2.45, 2.75) is 18.4 Å². The molecule has 0 bridgehead atoms. The molecule has 5 N–H and O–H groups in total. The molecule has 0 amide bonds. The van der Waals surface area contributed by atoms with Gasteiger partial charge in [-0.3, -0.25) is 9.32 Å². The van der Waals surface area contributed by atoms with E-state index >= 15 is 0 Å². The van der Waals surface area contributed by atoms with Crippen LogP contribution in [0.2, 0.25) is 5.02 Å². The Morgan fingerprint density at radius 2 is 1.69 bits per heavy atom. The molecule has 184 valence electrons. The number of hydrogen-bond acceptors (Lipinski definition) is 7. The molecule has 0 spiro atoms. The Bertz CT molecular complexity index is 1470. The highest BCUT2D eigenvalue weighted by Crippen LogP contribution is 2.37. The van der Waals surface area contributed by atoms with Crippen molar-refractivity contribution in [3.05, 3.63) is 81.5 Å². The van der Waals surface area contributed by atoms with Crippen molar-refractivity contribution < 1.29 is 33.1 Å². The molecule has 9 nitrogen and oxygen atoms in total. The average molecular weight is 520 g/mol. The fraction of sp³-hybridized carbons (Fsp3) is 0.208. The maximum atomic E-state index is 13.1. The number of phosphoric acid groups is 1. The molecule has 1 heterocycles. The van der Waals surface area contributed by atoms with Crippen LogP contribution in [0.15, 0.2) is 69.9 Å². The standard InChI is InChI=1S/C24H23ClNO8P/c25-16-2-4-17(5-3-16)33-18-6-8-21-20(12-18)23(28)19-7-1-15(11-22(19)34-21)9-10-24(26,13-27)14-32-35(29,30)31/h1-8,11-12,27H,9-10,13-14,26H2,(H2,29,30,31). The van der Waals surface area contributed by atoms with Crippen LogP contribution in [0.1, 0.15) is 12.0 Å². The van der Waals surface area contributed by atoms with Crippen LogP contribution >= 0.6 is 19.4 Å². The van der Waals surface area contributed by atoms with E-state index in [1.54, 1.807) is 60.7 Å². The van der Waals surface area contributed by atoms with E-state index in [9.17, 15) is 14.5 Å². The number of nitrogens with two attached hydrogens (primary N) is 1. The summed E-state index contributed by atoms with van der Waals surface area (Å²) in [5.74, 6) is 1.05. The van der Waals surface area contributed by atoms with E-state index in [-0.39, 0.29) is 11.8 Å². The Morgan fingerprint density at radius 1 is 0.971 bits per heavy atom. The zero-order chi connectivity index (χ0) is 25.2. The van der Waals surface area contributed by atoms with E-state index in [0.717, 1.165) is 5.56 Å². The maximum absolute atomic E-state index is 13.1. The Balaban J connectivity index is 1.57. The normalized spacial score (nSPS) is 13.7. The van der Waals surface area contributed by atoms with Crippen LogP contribution in [0.3, 0.4) is 0 Å². The molecule has 0 saturated carbocycles. The number of aryl methyl sites for hydroxylation is 1. The highest BCUT2D eigenvalue weighted by molar-refractivity contribution is 7.46. The van der Waals surface area contributed by atoms with Gasteiger partial charge >= 0.3 is 7.82 Å². The summed E-state index contributed by atoms with van der Waals surface area (Å²) in [6.45, 7) is -1.04.